The van der Waals surface area contributed by atoms with Gasteiger partial charge in [0.1, 0.15) is 22.8 Å². The third-order valence-electron chi connectivity index (χ3n) is 6.79. The number of amides is 1. The van der Waals surface area contributed by atoms with E-state index < -0.39 is 29.7 Å². The Kier molecular flexibility index (Phi) is 6.25. The molecule has 3 heterocycles. The van der Waals surface area contributed by atoms with Crippen molar-refractivity contribution in [3.8, 4) is 11.4 Å². The number of halogens is 3. The molecule has 2 aromatic carbocycles. The van der Waals surface area contributed by atoms with Crippen LogP contribution in [0.5, 0.6) is 5.75 Å². The average Bonchev–Trinajstić information content (AvgIpc) is 3.42. The first-order chi connectivity index (χ1) is 18.1. The van der Waals surface area contributed by atoms with Gasteiger partial charge in [-0.15, -0.1) is 0 Å². The number of carbonyl (C=O) groups is 1. The molecular formula is C26H25F3N6O3. The highest BCUT2D eigenvalue weighted by molar-refractivity contribution is 6.07. The van der Waals surface area contributed by atoms with E-state index in [2.05, 4.69) is 15.7 Å². The van der Waals surface area contributed by atoms with Gasteiger partial charge in [-0.25, -0.2) is 9.36 Å². The third-order valence-corrected chi connectivity index (χ3v) is 6.79. The highest BCUT2D eigenvalue weighted by Crippen LogP contribution is 2.44. The highest BCUT2D eigenvalue weighted by atomic mass is 19.4. The van der Waals surface area contributed by atoms with Crippen molar-refractivity contribution >= 4 is 17.4 Å². The SMILES string of the molecule is COc1ccc([C@@H]2C[C@@H](C(F)(F)F)n3ncc(C(=O)Nc4c(C)n(C)n(-c5ccccc5)c4=O)c3N2)cc1. The number of hydrogen-bond donors (Lipinski definition) is 2. The Hall–Kier alpha value is -4.48. The number of rotatable bonds is 5. The molecule has 0 fully saturated rings. The fourth-order valence-electron chi connectivity index (χ4n) is 4.68. The fourth-order valence-corrected chi connectivity index (χ4v) is 4.68. The summed E-state index contributed by atoms with van der Waals surface area (Å²) in [4.78, 5) is 26.5. The van der Waals surface area contributed by atoms with Gasteiger partial charge >= 0.3 is 6.18 Å². The molecule has 12 heteroatoms. The smallest absolute Gasteiger partial charge is 0.410 e. The van der Waals surface area contributed by atoms with Crippen LogP contribution in [0.15, 0.2) is 65.6 Å². The number of carbonyl (C=O) groups excluding carboxylic acids is 1. The topological polar surface area (TPSA) is 95.1 Å². The van der Waals surface area contributed by atoms with Gasteiger partial charge in [0.2, 0.25) is 0 Å². The van der Waals surface area contributed by atoms with Gasteiger partial charge in [-0.3, -0.25) is 14.3 Å². The number of aromatic nitrogens is 4. The fraction of sp³-hybridized carbons (Fsp3) is 0.269. The Bertz CT molecular complexity index is 1540. The van der Waals surface area contributed by atoms with Crippen molar-refractivity contribution in [2.45, 2.75) is 31.6 Å². The Labute approximate surface area is 215 Å². The normalized spacial score (nSPS) is 17.0. The second-order valence-electron chi connectivity index (χ2n) is 9.01. The van der Waals surface area contributed by atoms with Crippen LogP contribution in [-0.4, -0.2) is 38.3 Å². The Morgan fingerprint density at radius 3 is 2.45 bits per heavy atom. The first kappa shape index (κ1) is 25.2. The van der Waals surface area contributed by atoms with E-state index >= 15 is 0 Å². The summed E-state index contributed by atoms with van der Waals surface area (Å²) in [6.07, 6.45) is -3.83. The van der Waals surface area contributed by atoms with E-state index in [9.17, 15) is 22.8 Å². The van der Waals surface area contributed by atoms with Crippen molar-refractivity contribution in [2.24, 2.45) is 7.05 Å². The minimum absolute atomic E-state index is 0.0242. The van der Waals surface area contributed by atoms with Crippen molar-refractivity contribution in [2.75, 3.05) is 17.7 Å². The lowest BCUT2D eigenvalue weighted by atomic mass is 9.96. The zero-order valence-corrected chi connectivity index (χ0v) is 20.8. The summed E-state index contributed by atoms with van der Waals surface area (Å²) in [5, 5.41) is 9.55. The summed E-state index contributed by atoms with van der Waals surface area (Å²) < 4.78 is 51.1. The maximum Gasteiger partial charge on any atom is 0.410 e. The van der Waals surface area contributed by atoms with E-state index in [1.807, 2.05) is 6.07 Å². The molecule has 1 aliphatic rings. The molecule has 0 radical (unpaired) electrons. The number of methoxy groups -OCH3 is 1. The molecule has 2 aromatic heterocycles. The van der Waals surface area contributed by atoms with Crippen LogP contribution in [-0.2, 0) is 7.05 Å². The van der Waals surface area contributed by atoms with E-state index in [4.69, 9.17) is 4.74 Å². The van der Waals surface area contributed by atoms with Gasteiger partial charge in [-0.2, -0.15) is 18.3 Å². The monoisotopic (exact) mass is 526 g/mol. The largest absolute Gasteiger partial charge is 0.497 e. The predicted molar refractivity (Wildman–Crippen MR) is 135 cm³/mol. The van der Waals surface area contributed by atoms with Crippen LogP contribution in [0, 0.1) is 6.92 Å². The van der Waals surface area contributed by atoms with Crippen molar-refractivity contribution in [3.05, 3.63) is 88.0 Å². The molecule has 0 spiro atoms. The molecule has 9 nitrogen and oxygen atoms in total. The van der Waals surface area contributed by atoms with Gasteiger partial charge in [0.15, 0.2) is 6.04 Å². The van der Waals surface area contributed by atoms with E-state index in [1.165, 1.54) is 11.8 Å². The Morgan fingerprint density at radius 1 is 1.13 bits per heavy atom. The molecule has 4 aromatic rings. The Morgan fingerprint density at radius 2 is 1.82 bits per heavy atom. The minimum Gasteiger partial charge on any atom is -0.497 e. The molecule has 0 bridgehead atoms. The molecule has 0 saturated carbocycles. The first-order valence-electron chi connectivity index (χ1n) is 11.8. The van der Waals surface area contributed by atoms with Crippen molar-refractivity contribution in [1.82, 2.24) is 19.1 Å². The van der Waals surface area contributed by atoms with E-state index in [1.54, 1.807) is 67.2 Å². The number of fused-ring (bicyclic) bond motifs is 1. The molecule has 0 saturated heterocycles. The summed E-state index contributed by atoms with van der Waals surface area (Å²) >= 11 is 0. The van der Waals surface area contributed by atoms with Crippen LogP contribution in [0.1, 0.15) is 40.1 Å². The number of benzene rings is 2. The number of nitrogens with one attached hydrogen (secondary N) is 2. The molecule has 0 aliphatic carbocycles. The standard InChI is InChI=1S/C26H25F3N6O3/c1-15-22(25(37)35(33(15)2)17-7-5-4-6-8-17)32-24(36)19-14-30-34-21(26(27,28)29)13-20(31-23(19)34)16-9-11-18(38-3)12-10-16/h4-12,14,20-21,31H,13H2,1-3H3,(H,32,36)/t20-,21-/m0/s1. The number of para-hydroxylation sites is 1. The van der Waals surface area contributed by atoms with E-state index in [-0.39, 0.29) is 23.5 Å². The van der Waals surface area contributed by atoms with Crippen LogP contribution in [0.3, 0.4) is 0 Å². The summed E-state index contributed by atoms with van der Waals surface area (Å²) in [5.74, 6) is -0.253. The lowest BCUT2D eigenvalue weighted by molar-refractivity contribution is -0.173. The molecule has 0 unspecified atom stereocenters. The van der Waals surface area contributed by atoms with Gasteiger partial charge < -0.3 is 15.4 Å². The average molecular weight is 527 g/mol. The van der Waals surface area contributed by atoms with Crippen molar-refractivity contribution in [3.63, 3.8) is 0 Å². The first-order valence-corrected chi connectivity index (χ1v) is 11.8. The quantitative estimate of drug-likeness (QED) is 0.396. The molecule has 2 atom stereocenters. The van der Waals surface area contributed by atoms with Gasteiger partial charge in [-0.1, -0.05) is 30.3 Å². The molecular weight excluding hydrogens is 501 g/mol. The third kappa shape index (κ3) is 4.31. The summed E-state index contributed by atoms with van der Waals surface area (Å²) in [7, 11) is 3.18. The summed E-state index contributed by atoms with van der Waals surface area (Å²) in [5.41, 5.74) is 1.13. The lowest BCUT2D eigenvalue weighted by Crippen LogP contribution is -2.36. The second-order valence-corrected chi connectivity index (χ2v) is 9.01. The summed E-state index contributed by atoms with van der Waals surface area (Å²) in [6, 6.07) is 12.9. The van der Waals surface area contributed by atoms with Crippen LogP contribution >= 0.6 is 0 Å². The van der Waals surface area contributed by atoms with Gasteiger partial charge in [0.25, 0.3) is 11.5 Å². The summed E-state index contributed by atoms with van der Waals surface area (Å²) in [6.45, 7) is 1.67. The van der Waals surface area contributed by atoms with Crippen LogP contribution in [0.4, 0.5) is 24.7 Å². The van der Waals surface area contributed by atoms with Crippen molar-refractivity contribution in [1.29, 1.82) is 0 Å². The number of alkyl halides is 3. The highest BCUT2D eigenvalue weighted by Gasteiger charge is 2.47. The number of anilines is 2. The van der Waals surface area contributed by atoms with Gasteiger partial charge in [0.05, 0.1) is 30.7 Å². The van der Waals surface area contributed by atoms with E-state index in [0.717, 1.165) is 10.9 Å². The zero-order chi connectivity index (χ0) is 27.2. The van der Waals surface area contributed by atoms with Crippen LogP contribution in [0.25, 0.3) is 5.69 Å². The molecule has 5 rings (SSSR count). The van der Waals surface area contributed by atoms with Crippen molar-refractivity contribution < 1.29 is 22.7 Å². The zero-order valence-electron chi connectivity index (χ0n) is 20.8. The maximum absolute atomic E-state index is 14.0. The lowest BCUT2D eigenvalue weighted by Gasteiger charge is -2.34. The molecule has 38 heavy (non-hydrogen) atoms. The maximum atomic E-state index is 14.0. The van der Waals surface area contributed by atoms with E-state index in [0.29, 0.717) is 22.7 Å². The van der Waals surface area contributed by atoms with Crippen LogP contribution < -0.4 is 20.9 Å². The number of hydrogen-bond acceptors (Lipinski definition) is 5. The molecule has 2 N–H and O–H groups in total. The molecule has 1 amide bonds. The van der Waals surface area contributed by atoms with Gasteiger partial charge in [0, 0.05) is 13.5 Å². The number of nitrogens with zero attached hydrogens (tertiary/aromatic N) is 4. The molecule has 198 valence electrons. The minimum atomic E-state index is -4.60. The molecule has 1 aliphatic heterocycles. The van der Waals surface area contributed by atoms with Crippen LogP contribution in [0.2, 0.25) is 0 Å². The number of ether oxygens (including phenoxy) is 1. The second kappa shape index (κ2) is 9.43. The Balaban J connectivity index is 1.50. The van der Waals surface area contributed by atoms with Gasteiger partial charge in [-0.05, 0) is 36.8 Å². The predicted octanol–water partition coefficient (Wildman–Crippen LogP) is 4.60.